The van der Waals surface area contributed by atoms with E-state index in [2.05, 4.69) is 0 Å². The number of benzene rings is 1. The molecule has 1 aliphatic carbocycles. The van der Waals surface area contributed by atoms with Gasteiger partial charge in [0, 0.05) is 25.7 Å². The average Bonchev–Trinajstić information content (AvgIpc) is 3.46. The van der Waals surface area contributed by atoms with Gasteiger partial charge in [-0.05, 0) is 55.7 Å². The second kappa shape index (κ2) is 7.23. The van der Waals surface area contributed by atoms with Crippen molar-refractivity contribution in [3.05, 3.63) is 28.8 Å². The fourth-order valence-electron chi connectivity index (χ4n) is 3.40. The summed E-state index contributed by atoms with van der Waals surface area (Å²) in [5.74, 6) is 1.19. The summed E-state index contributed by atoms with van der Waals surface area (Å²) in [7, 11) is -1.37. The van der Waals surface area contributed by atoms with Crippen molar-refractivity contribution in [2.45, 2.75) is 30.6 Å². The normalized spacial score (nSPS) is 21.6. The molecule has 6 nitrogen and oxygen atoms in total. The van der Waals surface area contributed by atoms with Gasteiger partial charge in [-0.15, -0.1) is 0 Å². The molecule has 8 heteroatoms. The molecular formula is C17H23ClN2O4S. The molecule has 3 rings (SSSR count). The zero-order valence-corrected chi connectivity index (χ0v) is 16.0. The lowest BCUT2D eigenvalue weighted by atomic mass is 9.93. The fraction of sp³-hybridized carbons (Fsp3) is 0.588. The number of hydroxylamine groups is 1. The van der Waals surface area contributed by atoms with Gasteiger partial charge < -0.3 is 4.90 Å². The van der Waals surface area contributed by atoms with Crippen LogP contribution in [0.5, 0.6) is 0 Å². The largest absolute Gasteiger partial charge is 0.338 e. The smallest absolute Gasteiger partial charge is 0.266 e. The van der Waals surface area contributed by atoms with E-state index < -0.39 is 10.0 Å². The van der Waals surface area contributed by atoms with Gasteiger partial charge in [0.05, 0.1) is 12.1 Å². The van der Waals surface area contributed by atoms with Gasteiger partial charge >= 0.3 is 0 Å². The molecule has 0 spiro atoms. The van der Waals surface area contributed by atoms with Gasteiger partial charge in [0.15, 0.2) is 0 Å². The standard InChI is InChI=1S/C17H23ClN2O4S/c1-19(24-2)25(22,23)16-10-13(7-8-15(16)18)17(21)20-9-3-4-14(11-20)12-5-6-12/h7-8,10,12,14H,3-6,9,11H2,1-2H3. The second-order valence-electron chi connectivity index (χ2n) is 6.73. The summed E-state index contributed by atoms with van der Waals surface area (Å²) < 4.78 is 25.7. The van der Waals surface area contributed by atoms with Gasteiger partial charge in [0.25, 0.3) is 15.9 Å². The second-order valence-corrected chi connectivity index (χ2v) is 9.04. The summed E-state index contributed by atoms with van der Waals surface area (Å²) in [4.78, 5) is 19.4. The van der Waals surface area contributed by atoms with Crippen LogP contribution in [0, 0.1) is 11.8 Å². The van der Waals surface area contributed by atoms with Crippen LogP contribution in [0.1, 0.15) is 36.0 Å². The van der Waals surface area contributed by atoms with Crippen molar-refractivity contribution in [2.24, 2.45) is 11.8 Å². The van der Waals surface area contributed by atoms with Crippen LogP contribution in [-0.4, -0.2) is 50.9 Å². The number of sulfonamides is 1. The lowest BCUT2D eigenvalue weighted by Gasteiger charge is -2.33. The Bertz CT molecular complexity index is 764. The minimum absolute atomic E-state index is 0.0648. The molecule has 2 fully saturated rings. The van der Waals surface area contributed by atoms with Crippen LogP contribution in [0.25, 0.3) is 0 Å². The average molecular weight is 387 g/mol. The minimum atomic E-state index is -3.91. The first kappa shape index (κ1) is 18.6. The van der Waals surface area contributed by atoms with Gasteiger partial charge in [0.1, 0.15) is 4.90 Å². The van der Waals surface area contributed by atoms with Crippen molar-refractivity contribution >= 4 is 27.5 Å². The van der Waals surface area contributed by atoms with Crippen LogP contribution in [0.3, 0.4) is 0 Å². The number of nitrogens with zero attached hydrogens (tertiary/aromatic N) is 2. The highest BCUT2D eigenvalue weighted by Gasteiger charge is 2.35. The van der Waals surface area contributed by atoms with E-state index in [1.54, 1.807) is 6.07 Å². The Morgan fingerprint density at radius 2 is 2.00 bits per heavy atom. The molecule has 0 N–H and O–H groups in total. The van der Waals surface area contributed by atoms with Crippen LogP contribution in [-0.2, 0) is 14.9 Å². The minimum Gasteiger partial charge on any atom is -0.338 e. The number of hydrogen-bond acceptors (Lipinski definition) is 4. The van der Waals surface area contributed by atoms with Gasteiger partial charge in [-0.3, -0.25) is 9.63 Å². The van der Waals surface area contributed by atoms with E-state index in [0.29, 0.717) is 18.0 Å². The summed E-state index contributed by atoms with van der Waals surface area (Å²) >= 11 is 6.06. The Morgan fingerprint density at radius 3 is 2.64 bits per heavy atom. The molecule has 25 heavy (non-hydrogen) atoms. The summed E-state index contributed by atoms with van der Waals surface area (Å²) in [6, 6.07) is 4.38. The molecule has 1 saturated carbocycles. The summed E-state index contributed by atoms with van der Waals surface area (Å²) in [6.45, 7) is 1.47. The highest BCUT2D eigenvalue weighted by molar-refractivity contribution is 7.89. The molecular weight excluding hydrogens is 364 g/mol. The first-order valence-electron chi connectivity index (χ1n) is 8.46. The maximum absolute atomic E-state index is 12.9. The Morgan fingerprint density at radius 1 is 1.28 bits per heavy atom. The third-order valence-corrected chi connectivity index (χ3v) is 7.25. The Hall–Kier alpha value is -1.15. The van der Waals surface area contributed by atoms with Crippen LogP contribution in [0.15, 0.2) is 23.1 Å². The lowest BCUT2D eigenvalue weighted by Crippen LogP contribution is -2.40. The molecule has 1 unspecified atom stereocenters. The first-order chi connectivity index (χ1) is 11.8. The van der Waals surface area contributed by atoms with Crippen molar-refractivity contribution in [2.75, 3.05) is 27.2 Å². The number of hydrogen-bond donors (Lipinski definition) is 0. The number of carbonyl (C=O) groups excluding carboxylic acids is 1. The topological polar surface area (TPSA) is 66.9 Å². The van der Waals surface area contributed by atoms with Crippen LogP contribution >= 0.6 is 11.6 Å². The van der Waals surface area contributed by atoms with E-state index in [0.717, 1.165) is 23.4 Å². The van der Waals surface area contributed by atoms with Crippen molar-refractivity contribution in [1.29, 1.82) is 0 Å². The molecule has 1 aliphatic heterocycles. The highest BCUT2D eigenvalue weighted by atomic mass is 35.5. The van der Waals surface area contributed by atoms with Crippen LogP contribution < -0.4 is 0 Å². The van der Waals surface area contributed by atoms with Crippen molar-refractivity contribution in [1.82, 2.24) is 9.37 Å². The van der Waals surface area contributed by atoms with Crippen molar-refractivity contribution < 1.29 is 18.0 Å². The van der Waals surface area contributed by atoms with E-state index >= 15 is 0 Å². The molecule has 2 aliphatic rings. The number of piperidine rings is 1. The molecule has 1 amide bonds. The SMILES string of the molecule is CON(C)S(=O)(=O)c1cc(C(=O)N2CCCC(C3CC3)C2)ccc1Cl. The maximum Gasteiger partial charge on any atom is 0.266 e. The lowest BCUT2D eigenvalue weighted by molar-refractivity contribution is -0.0258. The molecule has 1 heterocycles. The molecule has 138 valence electrons. The number of halogens is 1. The van der Waals surface area contributed by atoms with Crippen molar-refractivity contribution in [3.63, 3.8) is 0 Å². The molecule has 1 atom stereocenters. The molecule has 0 radical (unpaired) electrons. The Kier molecular flexibility index (Phi) is 5.39. The molecule has 0 bridgehead atoms. The van der Waals surface area contributed by atoms with Gasteiger partial charge in [-0.25, -0.2) is 8.42 Å². The summed E-state index contributed by atoms with van der Waals surface area (Å²) in [5.41, 5.74) is 0.337. The van der Waals surface area contributed by atoms with E-state index in [9.17, 15) is 13.2 Å². The quantitative estimate of drug-likeness (QED) is 0.730. The van der Waals surface area contributed by atoms with Crippen LogP contribution in [0.2, 0.25) is 5.02 Å². The van der Waals surface area contributed by atoms with E-state index in [1.807, 2.05) is 4.90 Å². The van der Waals surface area contributed by atoms with Gasteiger partial charge in [0.2, 0.25) is 0 Å². The monoisotopic (exact) mass is 386 g/mol. The van der Waals surface area contributed by atoms with E-state index in [1.165, 1.54) is 45.6 Å². The third kappa shape index (κ3) is 3.84. The fourth-order valence-corrected chi connectivity index (χ4v) is 4.87. The van der Waals surface area contributed by atoms with Crippen LogP contribution in [0.4, 0.5) is 0 Å². The number of amides is 1. The van der Waals surface area contributed by atoms with Gasteiger partial charge in [-0.1, -0.05) is 16.1 Å². The van der Waals surface area contributed by atoms with E-state index in [4.69, 9.17) is 16.4 Å². The zero-order valence-electron chi connectivity index (χ0n) is 14.4. The molecule has 1 saturated heterocycles. The third-order valence-electron chi connectivity index (χ3n) is 5.09. The predicted molar refractivity (Wildman–Crippen MR) is 94.8 cm³/mol. The predicted octanol–water partition coefficient (Wildman–Crippen LogP) is 2.78. The van der Waals surface area contributed by atoms with E-state index in [-0.39, 0.29) is 15.8 Å². The Balaban J connectivity index is 1.85. The summed E-state index contributed by atoms with van der Waals surface area (Å²) in [6.07, 6.45) is 4.70. The van der Waals surface area contributed by atoms with Gasteiger partial charge in [-0.2, -0.15) is 0 Å². The molecule has 1 aromatic carbocycles. The number of carbonyl (C=O) groups is 1. The number of rotatable bonds is 5. The van der Waals surface area contributed by atoms with Crippen molar-refractivity contribution in [3.8, 4) is 0 Å². The zero-order chi connectivity index (χ0) is 18.2. The summed E-state index contributed by atoms with van der Waals surface area (Å²) in [5, 5.41) is 0.0648. The Labute approximate surface area is 153 Å². The number of likely N-dealkylation sites (tertiary alicyclic amines) is 1. The maximum atomic E-state index is 12.9. The molecule has 0 aromatic heterocycles. The highest BCUT2D eigenvalue weighted by Crippen LogP contribution is 2.41. The first-order valence-corrected chi connectivity index (χ1v) is 10.3. The molecule has 1 aromatic rings.